The van der Waals surface area contributed by atoms with Gasteiger partial charge < -0.3 is 10.2 Å². The Balaban J connectivity index is 2.55. The van der Waals surface area contributed by atoms with Gasteiger partial charge in [-0.3, -0.25) is 0 Å². The molecule has 1 heterocycles. The molecule has 2 nitrogen and oxygen atoms in total. The van der Waals surface area contributed by atoms with Crippen molar-refractivity contribution in [1.29, 1.82) is 0 Å². The summed E-state index contributed by atoms with van der Waals surface area (Å²) in [6, 6.07) is 4.05. The van der Waals surface area contributed by atoms with Crippen LogP contribution in [0.5, 0.6) is 0 Å². The number of nitrogens with one attached hydrogen (secondary N) is 1. The normalized spacial score (nSPS) is 18.3. The monoisotopic (exact) mass is 224 g/mol. The first-order valence-corrected chi connectivity index (χ1v) is 5.58. The molecule has 82 valence electrons. The van der Waals surface area contributed by atoms with E-state index in [-0.39, 0.29) is 5.54 Å². The van der Waals surface area contributed by atoms with Crippen LogP contribution < -0.4 is 10.2 Å². The van der Waals surface area contributed by atoms with Gasteiger partial charge in [-0.1, -0.05) is 11.6 Å². The summed E-state index contributed by atoms with van der Waals surface area (Å²) >= 11 is 6.11. The number of nitrogens with zero attached hydrogens (tertiary/aromatic N) is 1. The van der Waals surface area contributed by atoms with Crippen molar-refractivity contribution in [1.82, 2.24) is 0 Å². The molecule has 1 aliphatic rings. The number of hydrogen-bond donors (Lipinski definition) is 1. The molecule has 0 radical (unpaired) electrons. The Morgan fingerprint density at radius 2 is 2.07 bits per heavy atom. The fourth-order valence-corrected chi connectivity index (χ4v) is 2.08. The van der Waals surface area contributed by atoms with E-state index in [0.717, 1.165) is 17.1 Å². The largest absolute Gasteiger partial charge is 0.381 e. The molecule has 0 bridgehead atoms. The molecule has 0 unspecified atom stereocenters. The maximum absolute atomic E-state index is 6.11. The first-order valence-electron chi connectivity index (χ1n) is 5.20. The van der Waals surface area contributed by atoms with Gasteiger partial charge in [0, 0.05) is 18.6 Å². The fourth-order valence-electron chi connectivity index (χ4n) is 1.92. The van der Waals surface area contributed by atoms with Crippen molar-refractivity contribution >= 4 is 23.0 Å². The second-order valence-corrected chi connectivity index (χ2v) is 5.20. The van der Waals surface area contributed by atoms with Crippen molar-refractivity contribution in [2.24, 2.45) is 0 Å². The van der Waals surface area contributed by atoms with Gasteiger partial charge in [-0.05, 0) is 38.5 Å². The van der Waals surface area contributed by atoms with Crippen LogP contribution in [0.3, 0.4) is 0 Å². The van der Waals surface area contributed by atoms with Crippen molar-refractivity contribution in [3.8, 4) is 0 Å². The summed E-state index contributed by atoms with van der Waals surface area (Å²) < 4.78 is 0. The molecule has 0 spiro atoms. The van der Waals surface area contributed by atoms with Crippen LogP contribution >= 0.6 is 11.6 Å². The second-order valence-electron chi connectivity index (χ2n) is 4.79. The van der Waals surface area contributed by atoms with E-state index in [4.69, 9.17) is 11.6 Å². The van der Waals surface area contributed by atoms with Crippen LogP contribution in [0.4, 0.5) is 11.4 Å². The summed E-state index contributed by atoms with van der Waals surface area (Å²) in [5, 5.41) is 4.29. The highest BCUT2D eigenvalue weighted by atomic mass is 35.5. The predicted octanol–water partition coefficient (Wildman–Crippen LogP) is 3.29. The minimum atomic E-state index is 0.146. The van der Waals surface area contributed by atoms with Gasteiger partial charge in [0.15, 0.2) is 0 Å². The molecule has 1 aliphatic heterocycles. The minimum Gasteiger partial charge on any atom is -0.381 e. The lowest BCUT2D eigenvalue weighted by molar-refractivity contribution is 0.502. The molecule has 1 aromatic rings. The standard InChI is InChI=1S/C12H17ClN2/c1-8-9(13)5-6-10-11(8)14-7-12(2,3)15(10)4/h5-6,14H,7H2,1-4H3. The first kappa shape index (κ1) is 10.6. The smallest absolute Gasteiger partial charge is 0.0623 e. The zero-order valence-electron chi connectivity index (χ0n) is 9.69. The maximum atomic E-state index is 6.11. The average Bonchev–Trinajstić information content (AvgIpc) is 2.17. The maximum Gasteiger partial charge on any atom is 0.0623 e. The Kier molecular flexibility index (Phi) is 2.34. The molecule has 0 atom stereocenters. The number of fused-ring (bicyclic) bond motifs is 1. The van der Waals surface area contributed by atoms with Crippen molar-refractivity contribution in [2.75, 3.05) is 23.8 Å². The Morgan fingerprint density at radius 1 is 1.40 bits per heavy atom. The summed E-state index contributed by atoms with van der Waals surface area (Å²) in [6.07, 6.45) is 0. The van der Waals surface area contributed by atoms with E-state index in [1.807, 2.05) is 6.07 Å². The summed E-state index contributed by atoms with van der Waals surface area (Å²) in [5.41, 5.74) is 3.68. The number of anilines is 2. The van der Waals surface area contributed by atoms with E-state index < -0.39 is 0 Å². The molecule has 2 rings (SSSR count). The quantitative estimate of drug-likeness (QED) is 0.728. The van der Waals surface area contributed by atoms with E-state index in [9.17, 15) is 0 Å². The Morgan fingerprint density at radius 3 is 2.73 bits per heavy atom. The van der Waals surface area contributed by atoms with Crippen LogP contribution in [-0.2, 0) is 0 Å². The number of hydrogen-bond acceptors (Lipinski definition) is 2. The predicted molar refractivity (Wildman–Crippen MR) is 67.2 cm³/mol. The van der Waals surface area contributed by atoms with Gasteiger partial charge >= 0.3 is 0 Å². The highest BCUT2D eigenvalue weighted by Gasteiger charge is 2.30. The van der Waals surface area contributed by atoms with Gasteiger partial charge in [0.2, 0.25) is 0 Å². The Hall–Kier alpha value is -0.890. The third kappa shape index (κ3) is 1.57. The van der Waals surface area contributed by atoms with Gasteiger partial charge in [-0.25, -0.2) is 0 Å². The number of likely N-dealkylation sites (N-methyl/N-ethyl adjacent to an activating group) is 1. The van der Waals surface area contributed by atoms with Crippen LogP contribution in [0.1, 0.15) is 19.4 Å². The van der Waals surface area contributed by atoms with Gasteiger partial charge in [0.1, 0.15) is 0 Å². The molecule has 0 saturated heterocycles. The van der Waals surface area contributed by atoms with E-state index >= 15 is 0 Å². The molecule has 0 amide bonds. The van der Waals surface area contributed by atoms with E-state index in [0.29, 0.717) is 0 Å². The van der Waals surface area contributed by atoms with Crippen molar-refractivity contribution < 1.29 is 0 Å². The lowest BCUT2D eigenvalue weighted by Gasteiger charge is -2.43. The topological polar surface area (TPSA) is 15.3 Å². The third-order valence-corrected chi connectivity index (χ3v) is 3.75. The van der Waals surface area contributed by atoms with E-state index in [1.54, 1.807) is 0 Å². The van der Waals surface area contributed by atoms with Crippen LogP contribution in [0.15, 0.2) is 12.1 Å². The summed E-state index contributed by atoms with van der Waals surface area (Å²) in [5.74, 6) is 0. The molecule has 3 heteroatoms. The van der Waals surface area contributed by atoms with Crippen LogP contribution in [0, 0.1) is 6.92 Å². The van der Waals surface area contributed by atoms with Gasteiger partial charge in [0.05, 0.1) is 16.9 Å². The zero-order valence-corrected chi connectivity index (χ0v) is 10.4. The average molecular weight is 225 g/mol. The summed E-state index contributed by atoms with van der Waals surface area (Å²) in [7, 11) is 2.13. The SMILES string of the molecule is Cc1c(Cl)ccc2c1NCC(C)(C)N2C. The summed E-state index contributed by atoms with van der Waals surface area (Å²) in [6.45, 7) is 7.46. The van der Waals surface area contributed by atoms with Crippen molar-refractivity contribution in [2.45, 2.75) is 26.3 Å². The van der Waals surface area contributed by atoms with Gasteiger partial charge in [-0.2, -0.15) is 0 Å². The third-order valence-electron chi connectivity index (χ3n) is 3.34. The molecule has 15 heavy (non-hydrogen) atoms. The Bertz CT molecular complexity index is 399. The molecule has 0 aromatic heterocycles. The van der Waals surface area contributed by atoms with Crippen LogP contribution in [-0.4, -0.2) is 19.1 Å². The lowest BCUT2D eigenvalue weighted by Crippen LogP contribution is -2.50. The molecule has 0 fully saturated rings. The first-order chi connectivity index (χ1) is 6.93. The number of benzene rings is 1. The zero-order chi connectivity index (χ0) is 11.2. The summed E-state index contributed by atoms with van der Waals surface area (Å²) in [4.78, 5) is 2.31. The van der Waals surface area contributed by atoms with Crippen LogP contribution in [0.2, 0.25) is 5.02 Å². The number of rotatable bonds is 0. The Labute approximate surface area is 96.2 Å². The van der Waals surface area contributed by atoms with E-state index in [2.05, 4.69) is 44.1 Å². The molecule has 0 aliphatic carbocycles. The van der Waals surface area contributed by atoms with E-state index in [1.165, 1.54) is 11.4 Å². The number of halogens is 1. The molecular weight excluding hydrogens is 208 g/mol. The molecule has 1 aromatic carbocycles. The van der Waals surface area contributed by atoms with Crippen molar-refractivity contribution in [3.63, 3.8) is 0 Å². The van der Waals surface area contributed by atoms with Gasteiger partial charge in [0.25, 0.3) is 0 Å². The highest BCUT2D eigenvalue weighted by molar-refractivity contribution is 6.32. The second kappa shape index (κ2) is 3.31. The highest BCUT2D eigenvalue weighted by Crippen LogP contribution is 2.39. The lowest BCUT2D eigenvalue weighted by atomic mass is 9.97. The fraction of sp³-hybridized carbons (Fsp3) is 0.500. The molecule has 1 N–H and O–H groups in total. The molecular formula is C12H17ClN2. The molecule has 0 saturated carbocycles. The minimum absolute atomic E-state index is 0.146. The van der Waals surface area contributed by atoms with Crippen molar-refractivity contribution in [3.05, 3.63) is 22.7 Å². The van der Waals surface area contributed by atoms with Gasteiger partial charge in [-0.15, -0.1) is 0 Å². The van der Waals surface area contributed by atoms with Crippen LogP contribution in [0.25, 0.3) is 0 Å².